The van der Waals surface area contributed by atoms with Gasteiger partial charge in [-0.3, -0.25) is 4.79 Å². The zero-order valence-corrected chi connectivity index (χ0v) is 14.4. The summed E-state index contributed by atoms with van der Waals surface area (Å²) in [4.78, 5) is 13.7. The van der Waals surface area contributed by atoms with E-state index in [-0.39, 0.29) is 11.7 Å². The van der Waals surface area contributed by atoms with Crippen LogP contribution in [0.5, 0.6) is 0 Å². The topological polar surface area (TPSA) is 46.9 Å². The van der Waals surface area contributed by atoms with Crippen molar-refractivity contribution in [2.45, 2.75) is 0 Å². The third-order valence-electron chi connectivity index (χ3n) is 3.84. The molecule has 4 rings (SSSR count). The minimum Gasteiger partial charge on any atom is -0.322 e. The van der Waals surface area contributed by atoms with Crippen LogP contribution in [0.15, 0.2) is 78.3 Å². The number of hydrogen-bond acceptors (Lipinski definition) is 3. The number of nitrogens with zero attached hydrogens (tertiary/aromatic N) is 2. The van der Waals surface area contributed by atoms with Crippen molar-refractivity contribution in [1.82, 2.24) is 9.78 Å². The number of hydrogen-bond donors (Lipinski definition) is 1. The maximum absolute atomic E-state index is 13.1. The second-order valence-electron chi connectivity index (χ2n) is 5.61. The van der Waals surface area contributed by atoms with Crippen LogP contribution >= 0.6 is 11.3 Å². The van der Waals surface area contributed by atoms with Crippen molar-refractivity contribution in [3.63, 3.8) is 0 Å². The highest BCUT2D eigenvalue weighted by atomic mass is 32.1. The Balaban J connectivity index is 1.72. The smallest absolute Gasteiger partial charge is 0.259 e. The molecule has 0 bridgehead atoms. The van der Waals surface area contributed by atoms with Gasteiger partial charge in [-0.15, -0.1) is 11.3 Å². The lowest BCUT2D eigenvalue weighted by atomic mass is 10.2. The van der Waals surface area contributed by atoms with Crippen molar-refractivity contribution in [3.05, 3.63) is 89.7 Å². The van der Waals surface area contributed by atoms with Gasteiger partial charge in [0.15, 0.2) is 0 Å². The molecule has 0 aliphatic heterocycles. The van der Waals surface area contributed by atoms with Crippen LogP contribution in [0.1, 0.15) is 10.4 Å². The second-order valence-corrected chi connectivity index (χ2v) is 6.56. The van der Waals surface area contributed by atoms with Crippen molar-refractivity contribution in [2.24, 2.45) is 0 Å². The van der Waals surface area contributed by atoms with E-state index >= 15 is 0 Å². The molecule has 0 saturated heterocycles. The molecule has 0 unspecified atom stereocenters. The molecular weight excluding hydrogens is 349 g/mol. The van der Waals surface area contributed by atoms with Gasteiger partial charge < -0.3 is 5.32 Å². The Bertz CT molecular complexity index is 1020. The first kappa shape index (κ1) is 16.2. The summed E-state index contributed by atoms with van der Waals surface area (Å²) in [5.41, 5.74) is 2.47. The van der Waals surface area contributed by atoms with Crippen LogP contribution in [0.25, 0.3) is 16.3 Å². The quantitative estimate of drug-likeness (QED) is 0.555. The number of thiophene rings is 1. The van der Waals surface area contributed by atoms with E-state index < -0.39 is 0 Å². The van der Waals surface area contributed by atoms with Gasteiger partial charge in [0, 0.05) is 11.9 Å². The second kappa shape index (κ2) is 6.93. The number of anilines is 1. The average molecular weight is 363 g/mol. The summed E-state index contributed by atoms with van der Waals surface area (Å²) < 4.78 is 14.8. The Morgan fingerprint density at radius 3 is 2.46 bits per heavy atom. The van der Waals surface area contributed by atoms with E-state index in [0.717, 1.165) is 10.6 Å². The number of para-hydroxylation sites is 1. The van der Waals surface area contributed by atoms with Crippen LogP contribution in [0.3, 0.4) is 0 Å². The summed E-state index contributed by atoms with van der Waals surface area (Å²) in [6, 6.07) is 19.1. The van der Waals surface area contributed by atoms with Crippen LogP contribution in [-0.4, -0.2) is 15.7 Å². The molecule has 0 spiro atoms. The monoisotopic (exact) mass is 363 g/mol. The van der Waals surface area contributed by atoms with Gasteiger partial charge in [-0.1, -0.05) is 24.3 Å². The van der Waals surface area contributed by atoms with Crippen LogP contribution in [0.4, 0.5) is 10.1 Å². The number of halogens is 1. The van der Waals surface area contributed by atoms with E-state index in [2.05, 4.69) is 10.4 Å². The summed E-state index contributed by atoms with van der Waals surface area (Å²) in [5, 5.41) is 9.35. The molecule has 1 N–H and O–H groups in total. The number of carbonyl (C=O) groups is 1. The van der Waals surface area contributed by atoms with Crippen molar-refractivity contribution >= 4 is 22.9 Å². The minimum atomic E-state index is -0.348. The number of benzene rings is 2. The molecule has 128 valence electrons. The normalized spacial score (nSPS) is 10.7. The highest BCUT2D eigenvalue weighted by molar-refractivity contribution is 7.13. The van der Waals surface area contributed by atoms with Crippen molar-refractivity contribution < 1.29 is 9.18 Å². The molecule has 2 heterocycles. The first-order valence-electron chi connectivity index (χ1n) is 7.96. The summed E-state index contributed by atoms with van der Waals surface area (Å²) in [6.45, 7) is 0. The fourth-order valence-corrected chi connectivity index (χ4v) is 3.30. The number of carbonyl (C=O) groups excluding carboxylic acids is 1. The van der Waals surface area contributed by atoms with Crippen LogP contribution in [-0.2, 0) is 0 Å². The molecule has 4 nitrogen and oxygen atoms in total. The lowest BCUT2D eigenvalue weighted by molar-refractivity contribution is 0.102. The number of nitrogens with one attached hydrogen (secondary N) is 1. The summed E-state index contributed by atoms with van der Waals surface area (Å²) in [5.74, 6) is -0.638. The van der Waals surface area contributed by atoms with Gasteiger partial charge in [0.2, 0.25) is 0 Å². The molecular formula is C20H14FN3OS. The van der Waals surface area contributed by atoms with E-state index in [4.69, 9.17) is 0 Å². The van der Waals surface area contributed by atoms with E-state index in [1.54, 1.807) is 10.9 Å². The maximum atomic E-state index is 13.1. The Hall–Kier alpha value is -3.25. The standard InChI is InChI=1S/C20H14FN3OS/c21-14-8-10-15(11-9-14)22-20(25)17-13-24(16-5-2-1-3-6-16)23-19(17)18-7-4-12-26-18/h1-13H,(H,22,25). The third-order valence-corrected chi connectivity index (χ3v) is 4.71. The predicted molar refractivity (Wildman–Crippen MR) is 101 cm³/mol. The lowest BCUT2D eigenvalue weighted by Gasteiger charge is -2.04. The van der Waals surface area contributed by atoms with Crippen LogP contribution in [0.2, 0.25) is 0 Å². The van der Waals surface area contributed by atoms with Gasteiger partial charge >= 0.3 is 0 Å². The van der Waals surface area contributed by atoms with Gasteiger partial charge in [0.1, 0.15) is 11.5 Å². The van der Waals surface area contributed by atoms with E-state index in [1.165, 1.54) is 35.6 Å². The first-order chi connectivity index (χ1) is 12.7. The fourth-order valence-electron chi connectivity index (χ4n) is 2.58. The molecule has 1 amide bonds. The Morgan fingerprint density at radius 1 is 1.00 bits per heavy atom. The molecule has 6 heteroatoms. The van der Waals surface area contributed by atoms with Gasteiger partial charge in [0.05, 0.1) is 16.1 Å². The fraction of sp³-hybridized carbons (Fsp3) is 0. The van der Waals surface area contributed by atoms with Crippen molar-refractivity contribution in [3.8, 4) is 16.3 Å². The Labute approximate surface area is 153 Å². The van der Waals surface area contributed by atoms with E-state index in [0.29, 0.717) is 16.9 Å². The Morgan fingerprint density at radius 2 is 1.77 bits per heavy atom. The van der Waals surface area contributed by atoms with E-state index in [9.17, 15) is 9.18 Å². The van der Waals surface area contributed by atoms with Crippen molar-refractivity contribution in [1.29, 1.82) is 0 Å². The molecule has 0 fully saturated rings. The number of rotatable bonds is 4. The Kier molecular flexibility index (Phi) is 4.33. The molecule has 0 aliphatic carbocycles. The molecule has 2 aromatic carbocycles. The van der Waals surface area contributed by atoms with E-state index in [1.807, 2.05) is 47.8 Å². The summed E-state index contributed by atoms with van der Waals surface area (Å²) in [7, 11) is 0. The highest BCUT2D eigenvalue weighted by Gasteiger charge is 2.19. The lowest BCUT2D eigenvalue weighted by Crippen LogP contribution is -2.12. The van der Waals surface area contributed by atoms with Gasteiger partial charge in [-0.2, -0.15) is 5.10 Å². The van der Waals surface area contributed by atoms with Crippen LogP contribution in [0, 0.1) is 5.82 Å². The van der Waals surface area contributed by atoms with Gasteiger partial charge in [0.25, 0.3) is 5.91 Å². The highest BCUT2D eigenvalue weighted by Crippen LogP contribution is 2.28. The number of amides is 1. The van der Waals surface area contributed by atoms with Gasteiger partial charge in [-0.05, 0) is 47.8 Å². The first-order valence-corrected chi connectivity index (χ1v) is 8.84. The average Bonchev–Trinajstić information content (AvgIpc) is 3.34. The summed E-state index contributed by atoms with van der Waals surface area (Å²) >= 11 is 1.52. The third kappa shape index (κ3) is 3.27. The van der Waals surface area contributed by atoms with Crippen LogP contribution < -0.4 is 5.32 Å². The zero-order chi connectivity index (χ0) is 17.9. The SMILES string of the molecule is O=C(Nc1ccc(F)cc1)c1cn(-c2ccccc2)nc1-c1cccs1. The van der Waals surface area contributed by atoms with Crippen molar-refractivity contribution in [2.75, 3.05) is 5.32 Å². The molecule has 0 saturated carbocycles. The molecule has 0 radical (unpaired) electrons. The molecule has 0 aliphatic rings. The number of aromatic nitrogens is 2. The maximum Gasteiger partial charge on any atom is 0.259 e. The minimum absolute atomic E-state index is 0.290. The molecule has 2 aromatic heterocycles. The molecule has 26 heavy (non-hydrogen) atoms. The predicted octanol–water partition coefficient (Wildman–Crippen LogP) is 4.99. The molecule has 4 aromatic rings. The summed E-state index contributed by atoms with van der Waals surface area (Å²) in [6.07, 6.45) is 1.71. The van der Waals surface area contributed by atoms with Gasteiger partial charge in [-0.25, -0.2) is 9.07 Å². The largest absolute Gasteiger partial charge is 0.322 e. The molecule has 0 atom stereocenters. The zero-order valence-electron chi connectivity index (χ0n) is 13.6.